The predicted octanol–water partition coefficient (Wildman–Crippen LogP) is 6.62. The summed E-state index contributed by atoms with van der Waals surface area (Å²) in [6, 6.07) is 20.9. The first-order chi connectivity index (χ1) is 14.7. The van der Waals surface area contributed by atoms with Crippen LogP contribution >= 0.6 is 22.9 Å². The Kier molecular flexibility index (Phi) is 5.38. The predicted molar refractivity (Wildman–Crippen MR) is 125 cm³/mol. The van der Waals surface area contributed by atoms with Crippen LogP contribution in [0.25, 0.3) is 21.2 Å². The first kappa shape index (κ1) is 19.4. The number of halogens is 1. The van der Waals surface area contributed by atoms with Crippen LogP contribution in [0.3, 0.4) is 0 Å². The maximum atomic E-state index is 6.18. The van der Waals surface area contributed by atoms with Gasteiger partial charge in [0.1, 0.15) is 6.61 Å². The van der Waals surface area contributed by atoms with Gasteiger partial charge in [0.15, 0.2) is 11.5 Å². The number of hydrogen-bond donors (Lipinski definition) is 0. The molecular weight excluding hydrogens is 414 g/mol. The highest BCUT2D eigenvalue weighted by atomic mass is 35.5. The fourth-order valence-corrected chi connectivity index (χ4v) is 5.26. The van der Waals surface area contributed by atoms with Gasteiger partial charge in [-0.1, -0.05) is 41.9 Å². The Bertz CT molecular complexity index is 1200. The van der Waals surface area contributed by atoms with E-state index in [2.05, 4.69) is 52.7 Å². The molecular formula is C25H22ClNO2S. The summed E-state index contributed by atoms with van der Waals surface area (Å²) < 4.78 is 13.2. The first-order valence-corrected chi connectivity index (χ1v) is 11.2. The fourth-order valence-electron chi connectivity index (χ4n) is 4.07. The Morgan fingerprint density at radius 3 is 2.87 bits per heavy atom. The van der Waals surface area contributed by atoms with Gasteiger partial charge < -0.3 is 9.47 Å². The van der Waals surface area contributed by atoms with Gasteiger partial charge in [0, 0.05) is 45.9 Å². The third-order valence-electron chi connectivity index (χ3n) is 5.49. The lowest BCUT2D eigenvalue weighted by Crippen LogP contribution is -2.25. The normalized spacial score (nSPS) is 14.2. The molecule has 4 aromatic rings. The topological polar surface area (TPSA) is 21.7 Å². The van der Waals surface area contributed by atoms with Crippen LogP contribution in [0.4, 0.5) is 0 Å². The van der Waals surface area contributed by atoms with E-state index in [4.69, 9.17) is 21.1 Å². The van der Waals surface area contributed by atoms with E-state index in [0.29, 0.717) is 6.61 Å². The second kappa shape index (κ2) is 8.31. The molecule has 0 bridgehead atoms. The molecule has 0 unspecified atom stereocenters. The highest BCUT2D eigenvalue weighted by Crippen LogP contribution is 2.41. The molecule has 0 N–H and O–H groups in total. The van der Waals surface area contributed by atoms with Crippen LogP contribution in [-0.4, -0.2) is 25.2 Å². The zero-order valence-corrected chi connectivity index (χ0v) is 18.3. The number of fused-ring (bicyclic) bond motifs is 2. The van der Waals surface area contributed by atoms with Crippen LogP contribution in [0.15, 0.2) is 66.0 Å². The number of rotatable bonds is 4. The van der Waals surface area contributed by atoms with E-state index in [1.54, 1.807) is 18.4 Å². The number of nitrogens with zero attached hydrogens (tertiary/aromatic N) is 1. The molecule has 0 aliphatic carbocycles. The van der Waals surface area contributed by atoms with Crippen molar-refractivity contribution in [1.29, 1.82) is 0 Å². The van der Waals surface area contributed by atoms with E-state index >= 15 is 0 Å². The van der Waals surface area contributed by atoms with Crippen molar-refractivity contribution < 1.29 is 9.47 Å². The minimum atomic E-state index is 0.630. The Labute approximate surface area is 185 Å². The first-order valence-electron chi connectivity index (χ1n) is 9.98. The van der Waals surface area contributed by atoms with E-state index in [0.717, 1.165) is 47.3 Å². The molecule has 1 aliphatic rings. The molecule has 0 spiro atoms. The smallest absolute Gasteiger partial charge is 0.165 e. The van der Waals surface area contributed by atoms with Crippen molar-refractivity contribution in [2.75, 3.05) is 20.3 Å². The van der Waals surface area contributed by atoms with Crippen LogP contribution in [0, 0.1) is 0 Å². The number of benzene rings is 3. The summed E-state index contributed by atoms with van der Waals surface area (Å²) in [6.07, 6.45) is 0. The van der Waals surface area contributed by atoms with Crippen LogP contribution in [0.2, 0.25) is 5.02 Å². The van der Waals surface area contributed by atoms with Crippen molar-refractivity contribution in [3.8, 4) is 22.6 Å². The standard InChI is InChI=1S/C25H22ClNO2S/c1-28-23-13-18(22-16-30-24-8-3-2-7-21(22)24)12-19-15-27(9-10-29-25(19)23)14-17-5-4-6-20(26)11-17/h2-8,11-13,16H,9-10,14-15H2,1H3. The molecule has 0 saturated carbocycles. The Morgan fingerprint density at radius 2 is 2.00 bits per heavy atom. The summed E-state index contributed by atoms with van der Waals surface area (Å²) in [5.74, 6) is 1.65. The Morgan fingerprint density at radius 1 is 1.10 bits per heavy atom. The molecule has 152 valence electrons. The lowest BCUT2D eigenvalue weighted by atomic mass is 10.0. The third-order valence-corrected chi connectivity index (χ3v) is 6.69. The zero-order chi connectivity index (χ0) is 20.5. The van der Waals surface area contributed by atoms with Crippen molar-refractivity contribution in [2.45, 2.75) is 13.1 Å². The van der Waals surface area contributed by atoms with E-state index in [1.165, 1.54) is 21.2 Å². The van der Waals surface area contributed by atoms with Gasteiger partial charge in [0.25, 0.3) is 0 Å². The second-order valence-electron chi connectivity index (χ2n) is 7.50. The molecule has 30 heavy (non-hydrogen) atoms. The SMILES string of the molecule is COc1cc(-c2csc3ccccc23)cc2c1OCCN(Cc1cccc(Cl)c1)C2. The Hall–Kier alpha value is -2.53. The molecule has 0 fully saturated rings. The van der Waals surface area contributed by atoms with Gasteiger partial charge in [-0.2, -0.15) is 0 Å². The summed E-state index contributed by atoms with van der Waals surface area (Å²) in [7, 11) is 1.71. The minimum absolute atomic E-state index is 0.630. The van der Waals surface area contributed by atoms with Crippen molar-refractivity contribution in [3.63, 3.8) is 0 Å². The summed E-state index contributed by atoms with van der Waals surface area (Å²) in [4.78, 5) is 2.40. The van der Waals surface area contributed by atoms with Gasteiger partial charge in [0.05, 0.1) is 7.11 Å². The number of hydrogen-bond acceptors (Lipinski definition) is 4. The highest BCUT2D eigenvalue weighted by Gasteiger charge is 2.21. The summed E-state index contributed by atoms with van der Waals surface area (Å²) in [5.41, 5.74) is 4.76. The average molecular weight is 436 g/mol. The van der Waals surface area contributed by atoms with Crippen LogP contribution in [0.5, 0.6) is 11.5 Å². The van der Waals surface area contributed by atoms with Gasteiger partial charge in [-0.3, -0.25) is 4.90 Å². The quantitative estimate of drug-likeness (QED) is 0.359. The molecule has 3 aromatic carbocycles. The monoisotopic (exact) mass is 435 g/mol. The molecule has 5 rings (SSSR count). The van der Waals surface area contributed by atoms with E-state index in [-0.39, 0.29) is 0 Å². The maximum Gasteiger partial charge on any atom is 0.165 e. The van der Waals surface area contributed by atoms with Crippen LogP contribution in [-0.2, 0) is 13.1 Å². The average Bonchev–Trinajstić information content (AvgIpc) is 3.08. The van der Waals surface area contributed by atoms with Gasteiger partial charge in [-0.05, 0) is 46.8 Å². The van der Waals surface area contributed by atoms with Gasteiger partial charge >= 0.3 is 0 Å². The summed E-state index contributed by atoms with van der Waals surface area (Å²) in [5, 5.41) is 4.27. The van der Waals surface area contributed by atoms with E-state index in [1.807, 2.05) is 18.2 Å². The summed E-state index contributed by atoms with van der Waals surface area (Å²) >= 11 is 7.95. The summed E-state index contributed by atoms with van der Waals surface area (Å²) in [6.45, 7) is 3.11. The largest absolute Gasteiger partial charge is 0.493 e. The molecule has 2 heterocycles. The number of methoxy groups -OCH3 is 1. The molecule has 5 heteroatoms. The maximum absolute atomic E-state index is 6.18. The molecule has 1 aliphatic heterocycles. The zero-order valence-electron chi connectivity index (χ0n) is 16.7. The number of ether oxygens (including phenoxy) is 2. The van der Waals surface area contributed by atoms with Gasteiger partial charge in [-0.15, -0.1) is 11.3 Å². The van der Waals surface area contributed by atoms with Gasteiger partial charge in [-0.25, -0.2) is 0 Å². The lowest BCUT2D eigenvalue weighted by molar-refractivity contribution is 0.217. The Balaban J connectivity index is 1.52. The van der Waals surface area contributed by atoms with Crippen LogP contribution < -0.4 is 9.47 Å². The molecule has 0 radical (unpaired) electrons. The molecule has 3 nitrogen and oxygen atoms in total. The third kappa shape index (κ3) is 3.79. The van der Waals surface area contributed by atoms with Crippen molar-refractivity contribution in [2.24, 2.45) is 0 Å². The van der Waals surface area contributed by atoms with Crippen molar-refractivity contribution in [3.05, 3.63) is 82.2 Å². The second-order valence-corrected chi connectivity index (χ2v) is 8.85. The van der Waals surface area contributed by atoms with E-state index in [9.17, 15) is 0 Å². The van der Waals surface area contributed by atoms with Crippen molar-refractivity contribution >= 4 is 33.0 Å². The fraction of sp³-hybridized carbons (Fsp3) is 0.200. The molecule has 0 amide bonds. The lowest BCUT2D eigenvalue weighted by Gasteiger charge is -2.20. The van der Waals surface area contributed by atoms with Crippen LogP contribution in [0.1, 0.15) is 11.1 Å². The minimum Gasteiger partial charge on any atom is -0.493 e. The molecule has 0 saturated heterocycles. The number of thiophene rings is 1. The molecule has 1 aromatic heterocycles. The highest BCUT2D eigenvalue weighted by molar-refractivity contribution is 7.17. The van der Waals surface area contributed by atoms with Crippen molar-refractivity contribution in [1.82, 2.24) is 4.90 Å². The molecule has 0 atom stereocenters. The van der Waals surface area contributed by atoms with E-state index < -0.39 is 0 Å². The van der Waals surface area contributed by atoms with Gasteiger partial charge in [0.2, 0.25) is 0 Å².